The second-order valence-corrected chi connectivity index (χ2v) is 18.3. The van der Waals surface area contributed by atoms with E-state index in [9.17, 15) is 14.4 Å². The van der Waals surface area contributed by atoms with E-state index < -0.39 is 0 Å². The van der Waals surface area contributed by atoms with Gasteiger partial charge in [-0.3, -0.25) is 14.4 Å². The second-order valence-electron chi connectivity index (χ2n) is 18.3. The van der Waals surface area contributed by atoms with Crippen LogP contribution >= 0.6 is 0 Å². The molecule has 0 aliphatic heterocycles. The lowest BCUT2D eigenvalue weighted by molar-refractivity contribution is 0.0919. The lowest BCUT2D eigenvalue weighted by Gasteiger charge is -2.20. The molecule has 9 rings (SSSR count). The van der Waals surface area contributed by atoms with Gasteiger partial charge < -0.3 is 40.4 Å². The van der Waals surface area contributed by atoms with Crippen molar-refractivity contribution >= 4 is 50.4 Å². The van der Waals surface area contributed by atoms with Crippen molar-refractivity contribution in [2.24, 2.45) is 0 Å². The molecule has 0 saturated heterocycles. The summed E-state index contributed by atoms with van der Waals surface area (Å²) in [7, 11) is 3.23. The van der Waals surface area contributed by atoms with E-state index in [2.05, 4.69) is 56.9 Å². The zero-order valence-electron chi connectivity index (χ0n) is 38.6. The predicted octanol–water partition coefficient (Wildman–Crippen LogP) is 11.9. The molecule has 3 amide bonds. The number of benzene rings is 3. The molecule has 3 aromatic heterocycles. The molecule has 3 saturated carbocycles. The van der Waals surface area contributed by atoms with Gasteiger partial charge in [0.25, 0.3) is 17.7 Å². The molecule has 64 heavy (non-hydrogen) atoms. The van der Waals surface area contributed by atoms with Crippen molar-refractivity contribution in [3.8, 4) is 11.5 Å². The Kier molecular flexibility index (Phi) is 16.5. The number of H-pyrrole nitrogens is 3. The number of carbonyl (C=O) groups excluding carboxylic acids is 3. The summed E-state index contributed by atoms with van der Waals surface area (Å²) in [5.74, 6) is 1.42. The summed E-state index contributed by atoms with van der Waals surface area (Å²) in [5.41, 5.74) is 7.25. The third-order valence-electron chi connectivity index (χ3n) is 13.4. The summed E-state index contributed by atoms with van der Waals surface area (Å²) in [4.78, 5) is 47.0. The standard InChI is InChI=1S/C18H24N2O3.C18H24N2O.C17H22N2O/c1-22-13-9-15-14(17(10-13)23-2)11-16(20-15)18(21)19-12-7-5-3-4-6-8-12;1-13-8-7-11-16-15(13)12-17(20-16)18(21)19-14-9-5-3-2-4-6-10-14;1-12-7-6-10-15-14(12)11-16(19-15)17(20)18-13-8-4-2-3-5-9-13/h9-12,20H,3-8H2,1-2H3,(H,19,21);7-8,11-12,14,20H,2-6,9-10H2,1H3,(H,19,21);6-7,10-11,13,19H,2-5,8-9H2,1H3,(H,18,20). The van der Waals surface area contributed by atoms with Crippen molar-refractivity contribution in [3.63, 3.8) is 0 Å². The average molecular weight is 871 g/mol. The monoisotopic (exact) mass is 871 g/mol. The maximum atomic E-state index is 12.5. The SMILES string of the molecule is COc1cc(OC)c2cc(C(=O)NC3CCCCCC3)[nH]c2c1.Cc1cccc2[nH]c(C(=O)NC3CCCCCC3)cc12.Cc1cccc2[nH]c(C(=O)NC3CCCCCCC3)cc12. The summed E-state index contributed by atoms with van der Waals surface area (Å²) < 4.78 is 10.7. The molecule has 6 aromatic rings. The van der Waals surface area contributed by atoms with E-state index in [0.29, 0.717) is 40.7 Å². The van der Waals surface area contributed by atoms with Crippen LogP contribution in [0.15, 0.2) is 66.7 Å². The zero-order valence-corrected chi connectivity index (χ0v) is 38.6. The first-order valence-corrected chi connectivity index (χ1v) is 24.0. The molecule has 0 unspecified atom stereocenters. The number of aryl methyl sites for hydroxylation is 2. The van der Waals surface area contributed by atoms with Crippen LogP contribution in [0.2, 0.25) is 0 Å². The van der Waals surface area contributed by atoms with Crippen LogP contribution in [0.5, 0.6) is 11.5 Å². The molecular formula is C53H70N6O5. The molecule has 6 N–H and O–H groups in total. The maximum Gasteiger partial charge on any atom is 0.267 e. The molecule has 0 spiro atoms. The molecule has 3 fully saturated rings. The van der Waals surface area contributed by atoms with Crippen molar-refractivity contribution in [2.75, 3.05) is 14.2 Å². The quantitative estimate of drug-likeness (QED) is 0.0841. The van der Waals surface area contributed by atoms with E-state index >= 15 is 0 Å². The molecule has 3 heterocycles. The van der Waals surface area contributed by atoms with E-state index in [1.807, 2.05) is 54.6 Å². The zero-order chi connectivity index (χ0) is 44.8. The lowest BCUT2D eigenvalue weighted by Crippen LogP contribution is -2.35. The molecule has 0 bridgehead atoms. The molecule has 342 valence electrons. The van der Waals surface area contributed by atoms with E-state index in [1.165, 1.54) is 94.6 Å². The highest BCUT2D eigenvalue weighted by molar-refractivity contribution is 6.01. The summed E-state index contributed by atoms with van der Waals surface area (Å²) >= 11 is 0. The van der Waals surface area contributed by atoms with Gasteiger partial charge in [-0.2, -0.15) is 0 Å². The van der Waals surface area contributed by atoms with Crippen molar-refractivity contribution < 1.29 is 23.9 Å². The normalized spacial score (nSPS) is 16.8. The van der Waals surface area contributed by atoms with E-state index in [4.69, 9.17) is 9.47 Å². The van der Waals surface area contributed by atoms with Crippen molar-refractivity contribution in [1.29, 1.82) is 0 Å². The number of nitrogens with one attached hydrogen (secondary N) is 6. The first kappa shape index (κ1) is 46.3. The smallest absolute Gasteiger partial charge is 0.267 e. The summed E-state index contributed by atoms with van der Waals surface area (Å²) in [5, 5.41) is 12.7. The topological polar surface area (TPSA) is 153 Å². The summed E-state index contributed by atoms with van der Waals surface area (Å²) in [6.45, 7) is 4.15. The number of carbonyl (C=O) groups is 3. The van der Waals surface area contributed by atoms with Crippen LogP contribution < -0.4 is 25.4 Å². The Labute approximate surface area is 378 Å². The number of hydrogen-bond acceptors (Lipinski definition) is 5. The number of methoxy groups -OCH3 is 2. The number of fused-ring (bicyclic) bond motifs is 3. The summed E-state index contributed by atoms with van der Waals surface area (Å²) in [6, 6.07) is 22.7. The fourth-order valence-electron chi connectivity index (χ4n) is 9.68. The minimum atomic E-state index is -0.0471. The predicted molar refractivity (Wildman–Crippen MR) is 259 cm³/mol. The fourth-order valence-corrected chi connectivity index (χ4v) is 9.68. The third-order valence-corrected chi connectivity index (χ3v) is 13.4. The molecule has 11 heteroatoms. The molecule has 3 aromatic carbocycles. The van der Waals surface area contributed by atoms with Crippen LogP contribution in [0, 0.1) is 13.8 Å². The number of amides is 3. The molecular weight excluding hydrogens is 801 g/mol. The van der Waals surface area contributed by atoms with E-state index in [-0.39, 0.29) is 23.8 Å². The van der Waals surface area contributed by atoms with Crippen molar-refractivity contribution in [3.05, 3.63) is 94.9 Å². The van der Waals surface area contributed by atoms with Crippen LogP contribution in [0.1, 0.15) is 165 Å². The minimum Gasteiger partial charge on any atom is -0.497 e. The minimum absolute atomic E-state index is 0.0347. The maximum absolute atomic E-state index is 12.5. The fraction of sp³-hybridized carbons (Fsp3) is 0.491. The van der Waals surface area contributed by atoms with Gasteiger partial charge in [-0.15, -0.1) is 0 Å². The number of rotatable bonds is 8. The average Bonchev–Trinajstić information content (AvgIpc) is 3.94. The van der Waals surface area contributed by atoms with Crippen molar-refractivity contribution in [2.45, 2.75) is 154 Å². The highest BCUT2D eigenvalue weighted by Crippen LogP contribution is 2.32. The Morgan fingerprint density at radius 3 is 1.17 bits per heavy atom. The molecule has 11 nitrogen and oxygen atoms in total. The van der Waals surface area contributed by atoms with Gasteiger partial charge in [-0.05, 0) is 93.8 Å². The molecule has 0 radical (unpaired) electrons. The summed E-state index contributed by atoms with van der Waals surface area (Å²) in [6.07, 6.45) is 23.0. The Morgan fingerprint density at radius 2 is 0.812 bits per heavy atom. The van der Waals surface area contributed by atoms with Crippen molar-refractivity contribution in [1.82, 2.24) is 30.9 Å². The van der Waals surface area contributed by atoms with Crippen LogP contribution in [0.3, 0.4) is 0 Å². The van der Waals surface area contributed by atoms with Crippen LogP contribution in [-0.2, 0) is 0 Å². The van der Waals surface area contributed by atoms with E-state index in [1.54, 1.807) is 14.2 Å². The highest BCUT2D eigenvalue weighted by atomic mass is 16.5. The van der Waals surface area contributed by atoms with Gasteiger partial charge in [0, 0.05) is 57.5 Å². The number of hydrogen-bond donors (Lipinski definition) is 6. The van der Waals surface area contributed by atoms with Gasteiger partial charge in [0.2, 0.25) is 0 Å². The Bertz CT molecular complexity index is 2460. The number of ether oxygens (including phenoxy) is 2. The Morgan fingerprint density at radius 1 is 0.453 bits per heavy atom. The molecule has 3 aliphatic rings. The molecule has 3 aliphatic carbocycles. The van der Waals surface area contributed by atoms with Crippen LogP contribution in [0.25, 0.3) is 32.7 Å². The van der Waals surface area contributed by atoms with E-state index in [0.717, 1.165) is 71.2 Å². The number of aromatic amines is 3. The lowest BCUT2D eigenvalue weighted by atomic mass is 9.96. The second kappa shape index (κ2) is 22.8. The first-order chi connectivity index (χ1) is 31.2. The third kappa shape index (κ3) is 12.3. The van der Waals surface area contributed by atoms with Gasteiger partial charge in [-0.1, -0.05) is 108 Å². The Hall–Kier alpha value is -5.71. The van der Waals surface area contributed by atoms with Gasteiger partial charge in [0.05, 0.1) is 19.7 Å². The Balaban J connectivity index is 0.000000144. The van der Waals surface area contributed by atoms with Gasteiger partial charge >= 0.3 is 0 Å². The highest BCUT2D eigenvalue weighted by Gasteiger charge is 2.21. The van der Waals surface area contributed by atoms with Gasteiger partial charge in [0.15, 0.2) is 0 Å². The first-order valence-electron chi connectivity index (χ1n) is 24.0. The number of aromatic nitrogens is 3. The molecule has 0 atom stereocenters. The van der Waals surface area contributed by atoms with Gasteiger partial charge in [-0.25, -0.2) is 0 Å². The van der Waals surface area contributed by atoms with Gasteiger partial charge in [0.1, 0.15) is 28.6 Å². The van der Waals surface area contributed by atoms with Crippen LogP contribution in [0.4, 0.5) is 0 Å². The largest absolute Gasteiger partial charge is 0.497 e. The van der Waals surface area contributed by atoms with Crippen LogP contribution in [-0.4, -0.2) is 65.0 Å².